The van der Waals surface area contributed by atoms with Gasteiger partial charge in [0.15, 0.2) is 11.5 Å². The standard InChI is InChI=1S/C11H16O4/c1-13-10-4-3-9(7-11(10)14-2)8-15-6-5-12/h3-4,7,12H,5-6,8H2,1-2H3. The molecule has 1 aromatic rings. The van der Waals surface area contributed by atoms with E-state index < -0.39 is 0 Å². The predicted octanol–water partition coefficient (Wildman–Crippen LogP) is 1.21. The molecule has 0 saturated heterocycles. The van der Waals surface area contributed by atoms with Crippen LogP contribution in [0.2, 0.25) is 0 Å². The van der Waals surface area contributed by atoms with E-state index in [1.54, 1.807) is 14.2 Å². The van der Waals surface area contributed by atoms with Crippen molar-refractivity contribution in [2.45, 2.75) is 6.61 Å². The Morgan fingerprint density at radius 2 is 1.87 bits per heavy atom. The minimum absolute atomic E-state index is 0.0350. The average molecular weight is 212 g/mol. The van der Waals surface area contributed by atoms with Crippen molar-refractivity contribution in [3.63, 3.8) is 0 Å². The van der Waals surface area contributed by atoms with E-state index in [-0.39, 0.29) is 6.61 Å². The highest BCUT2D eigenvalue weighted by atomic mass is 16.5. The van der Waals surface area contributed by atoms with Gasteiger partial charge in [-0.1, -0.05) is 6.07 Å². The Morgan fingerprint density at radius 3 is 2.47 bits per heavy atom. The van der Waals surface area contributed by atoms with E-state index >= 15 is 0 Å². The van der Waals surface area contributed by atoms with Crippen LogP contribution in [0.5, 0.6) is 11.5 Å². The van der Waals surface area contributed by atoms with Crippen molar-refractivity contribution in [3.05, 3.63) is 23.8 Å². The van der Waals surface area contributed by atoms with E-state index in [1.807, 2.05) is 18.2 Å². The summed E-state index contributed by atoms with van der Waals surface area (Å²) in [4.78, 5) is 0. The van der Waals surface area contributed by atoms with Gasteiger partial charge in [-0.05, 0) is 17.7 Å². The number of methoxy groups -OCH3 is 2. The number of aliphatic hydroxyl groups is 1. The van der Waals surface area contributed by atoms with Crippen LogP contribution >= 0.6 is 0 Å². The third-order valence-electron chi connectivity index (χ3n) is 1.95. The van der Waals surface area contributed by atoms with Gasteiger partial charge in [0.2, 0.25) is 0 Å². The lowest BCUT2D eigenvalue weighted by atomic mass is 10.2. The number of hydrogen-bond donors (Lipinski definition) is 1. The molecule has 0 amide bonds. The fourth-order valence-corrected chi connectivity index (χ4v) is 1.22. The molecule has 1 rings (SSSR count). The van der Waals surface area contributed by atoms with Crippen LogP contribution in [-0.2, 0) is 11.3 Å². The lowest BCUT2D eigenvalue weighted by Gasteiger charge is -2.09. The fourth-order valence-electron chi connectivity index (χ4n) is 1.22. The summed E-state index contributed by atoms with van der Waals surface area (Å²) in [6.07, 6.45) is 0. The van der Waals surface area contributed by atoms with Gasteiger partial charge in [-0.2, -0.15) is 0 Å². The highest BCUT2D eigenvalue weighted by molar-refractivity contribution is 5.42. The zero-order valence-electron chi connectivity index (χ0n) is 9.03. The van der Waals surface area contributed by atoms with Crippen molar-refractivity contribution >= 4 is 0 Å². The maximum absolute atomic E-state index is 8.56. The lowest BCUT2D eigenvalue weighted by Crippen LogP contribution is -2.00. The van der Waals surface area contributed by atoms with Crippen molar-refractivity contribution in [1.29, 1.82) is 0 Å². The van der Waals surface area contributed by atoms with Gasteiger partial charge < -0.3 is 19.3 Å². The van der Waals surface area contributed by atoms with E-state index in [4.69, 9.17) is 19.3 Å². The smallest absolute Gasteiger partial charge is 0.161 e. The molecule has 0 aliphatic heterocycles. The quantitative estimate of drug-likeness (QED) is 0.720. The summed E-state index contributed by atoms with van der Waals surface area (Å²) in [5.74, 6) is 1.38. The molecule has 15 heavy (non-hydrogen) atoms. The Balaban J connectivity index is 2.66. The fraction of sp³-hybridized carbons (Fsp3) is 0.455. The van der Waals surface area contributed by atoms with Gasteiger partial charge in [0.25, 0.3) is 0 Å². The molecule has 0 radical (unpaired) electrons. The van der Waals surface area contributed by atoms with Crippen molar-refractivity contribution in [1.82, 2.24) is 0 Å². The number of hydrogen-bond acceptors (Lipinski definition) is 4. The van der Waals surface area contributed by atoms with Crippen LogP contribution in [0.3, 0.4) is 0 Å². The Bertz CT molecular complexity index is 299. The normalized spacial score (nSPS) is 10.1. The van der Waals surface area contributed by atoms with Crippen LogP contribution < -0.4 is 9.47 Å². The summed E-state index contributed by atoms with van der Waals surface area (Å²) in [7, 11) is 3.19. The van der Waals surface area contributed by atoms with E-state index in [2.05, 4.69) is 0 Å². The minimum Gasteiger partial charge on any atom is -0.493 e. The third kappa shape index (κ3) is 3.42. The Hall–Kier alpha value is -1.26. The topological polar surface area (TPSA) is 47.9 Å². The van der Waals surface area contributed by atoms with Crippen LogP contribution in [0.4, 0.5) is 0 Å². The van der Waals surface area contributed by atoms with Gasteiger partial charge in [-0.15, -0.1) is 0 Å². The summed E-state index contributed by atoms with van der Waals surface area (Å²) in [6.45, 7) is 0.836. The molecule has 4 nitrogen and oxygen atoms in total. The molecule has 1 N–H and O–H groups in total. The second-order valence-corrected chi connectivity index (χ2v) is 2.97. The second kappa shape index (κ2) is 6.27. The first-order chi connectivity index (χ1) is 7.31. The highest BCUT2D eigenvalue weighted by Gasteiger charge is 2.04. The minimum atomic E-state index is 0.0350. The lowest BCUT2D eigenvalue weighted by molar-refractivity contribution is 0.0814. The van der Waals surface area contributed by atoms with Gasteiger partial charge in [0.1, 0.15) is 0 Å². The molecule has 0 aliphatic rings. The second-order valence-electron chi connectivity index (χ2n) is 2.97. The van der Waals surface area contributed by atoms with Gasteiger partial charge in [0.05, 0.1) is 34.0 Å². The maximum atomic E-state index is 8.56. The van der Waals surface area contributed by atoms with E-state index in [1.165, 1.54) is 0 Å². The molecule has 4 heteroatoms. The molecule has 0 atom stereocenters. The van der Waals surface area contributed by atoms with Gasteiger partial charge in [0, 0.05) is 0 Å². The SMILES string of the molecule is COc1ccc(COCCO)cc1OC. The number of aliphatic hydroxyl groups excluding tert-OH is 1. The number of ether oxygens (including phenoxy) is 3. The van der Waals surface area contributed by atoms with Crippen molar-refractivity contribution in [3.8, 4) is 11.5 Å². The molecule has 0 aromatic heterocycles. The van der Waals surface area contributed by atoms with Crippen LogP contribution in [0.15, 0.2) is 18.2 Å². The number of rotatable bonds is 6. The molecule has 0 bridgehead atoms. The first kappa shape index (κ1) is 11.8. The summed E-state index contributed by atoms with van der Waals surface area (Å²) in [6, 6.07) is 5.59. The first-order valence-corrected chi connectivity index (χ1v) is 4.71. The Labute approximate surface area is 89.4 Å². The summed E-state index contributed by atoms with van der Waals surface area (Å²) in [5, 5.41) is 8.56. The average Bonchev–Trinajstić information content (AvgIpc) is 2.29. The molecule has 0 heterocycles. The molecular formula is C11H16O4. The largest absolute Gasteiger partial charge is 0.493 e. The van der Waals surface area contributed by atoms with Crippen LogP contribution in [0.25, 0.3) is 0 Å². The predicted molar refractivity (Wildman–Crippen MR) is 56.3 cm³/mol. The first-order valence-electron chi connectivity index (χ1n) is 4.71. The highest BCUT2D eigenvalue weighted by Crippen LogP contribution is 2.27. The molecule has 84 valence electrons. The monoisotopic (exact) mass is 212 g/mol. The van der Waals surface area contributed by atoms with Crippen LogP contribution in [0, 0.1) is 0 Å². The maximum Gasteiger partial charge on any atom is 0.161 e. The Kier molecular flexibility index (Phi) is 4.93. The summed E-state index contributed by atoms with van der Waals surface area (Å²) < 4.78 is 15.5. The van der Waals surface area contributed by atoms with Gasteiger partial charge in [-0.3, -0.25) is 0 Å². The summed E-state index contributed by atoms with van der Waals surface area (Å²) >= 11 is 0. The van der Waals surface area contributed by atoms with Crippen LogP contribution in [0.1, 0.15) is 5.56 Å². The molecule has 0 unspecified atom stereocenters. The molecule has 0 fully saturated rings. The third-order valence-corrected chi connectivity index (χ3v) is 1.95. The number of benzene rings is 1. The van der Waals surface area contributed by atoms with Crippen molar-refractivity contribution < 1.29 is 19.3 Å². The zero-order valence-corrected chi connectivity index (χ0v) is 9.03. The van der Waals surface area contributed by atoms with E-state index in [9.17, 15) is 0 Å². The van der Waals surface area contributed by atoms with E-state index in [0.717, 1.165) is 5.56 Å². The molecule has 0 spiro atoms. The van der Waals surface area contributed by atoms with Crippen molar-refractivity contribution in [2.24, 2.45) is 0 Å². The van der Waals surface area contributed by atoms with Crippen molar-refractivity contribution in [2.75, 3.05) is 27.4 Å². The Morgan fingerprint density at radius 1 is 1.13 bits per heavy atom. The zero-order chi connectivity index (χ0) is 11.1. The molecule has 1 aromatic carbocycles. The molecule has 0 aliphatic carbocycles. The van der Waals surface area contributed by atoms with E-state index in [0.29, 0.717) is 24.7 Å². The van der Waals surface area contributed by atoms with Gasteiger partial charge in [-0.25, -0.2) is 0 Å². The molecular weight excluding hydrogens is 196 g/mol. The van der Waals surface area contributed by atoms with Gasteiger partial charge >= 0.3 is 0 Å². The molecule has 0 saturated carbocycles. The summed E-state index contributed by atoms with van der Waals surface area (Å²) in [5.41, 5.74) is 0.987. The van der Waals surface area contributed by atoms with Crippen LogP contribution in [-0.4, -0.2) is 32.5 Å².